The lowest BCUT2D eigenvalue weighted by atomic mass is 9.55. The summed E-state index contributed by atoms with van der Waals surface area (Å²) >= 11 is 0. The number of aliphatic hydroxyl groups excluding tert-OH is 3. The summed E-state index contributed by atoms with van der Waals surface area (Å²) in [5, 5.41) is 39.5. The van der Waals surface area contributed by atoms with Crippen LogP contribution in [0.25, 0.3) is 0 Å². The van der Waals surface area contributed by atoms with Crippen LogP contribution in [0, 0.1) is 17.3 Å². The number of fused-ring (bicyclic) bond motifs is 5. The largest absolute Gasteiger partial charge is 0.479 e. The van der Waals surface area contributed by atoms with E-state index >= 15 is 0 Å². The van der Waals surface area contributed by atoms with E-state index in [2.05, 4.69) is 0 Å². The van der Waals surface area contributed by atoms with E-state index in [4.69, 9.17) is 15.0 Å². The number of carboxylic acids is 1. The van der Waals surface area contributed by atoms with Gasteiger partial charge in [0.1, 0.15) is 29.8 Å². The van der Waals surface area contributed by atoms with E-state index in [1.807, 2.05) is 0 Å². The minimum atomic E-state index is -2.58. The predicted molar refractivity (Wildman–Crippen MR) is 111 cm³/mol. The van der Waals surface area contributed by atoms with Crippen molar-refractivity contribution in [3.63, 3.8) is 0 Å². The first kappa shape index (κ1) is 16.6. The number of Topliss-reactive ketones (excluding diaryl/α,β-unsaturated/α-hetero) is 1. The van der Waals surface area contributed by atoms with E-state index < -0.39 is 72.6 Å². The molecule has 32 heavy (non-hydrogen) atoms. The fourth-order valence-corrected chi connectivity index (χ4v) is 5.66. The first-order valence-corrected chi connectivity index (χ1v) is 10.8. The van der Waals surface area contributed by atoms with Crippen LogP contribution in [-0.4, -0.2) is 62.9 Å². The van der Waals surface area contributed by atoms with Crippen LogP contribution in [0.1, 0.15) is 62.9 Å². The number of hydrogen-bond acceptors (Lipinski definition) is 7. The van der Waals surface area contributed by atoms with Gasteiger partial charge in [-0.3, -0.25) is 4.79 Å². The molecule has 0 radical (unpaired) electrons. The fourth-order valence-electron chi connectivity index (χ4n) is 5.66. The number of ether oxygens (including phenoxy) is 2. The monoisotopic (exact) mass is 451 g/mol. The molecular weight excluding hydrogens is 416 g/mol. The van der Waals surface area contributed by atoms with Crippen molar-refractivity contribution in [1.29, 1.82) is 0 Å². The number of carbonyl (C=O) groups excluding carboxylic acids is 1. The fraction of sp³-hybridized carbons (Fsp3) is 0.667. The normalized spacial score (nSPS) is 50.9. The zero-order valence-corrected chi connectivity index (χ0v) is 17.5. The van der Waals surface area contributed by atoms with Gasteiger partial charge in [0.25, 0.3) is 0 Å². The van der Waals surface area contributed by atoms with Crippen LogP contribution >= 0.6 is 0 Å². The standard InChI is InChI=1S/C24H30O8/c1-24-9-8-14-13-5-3-12(10-11(13)2-4-15(14)16(24)6-7-17(24)25)31-23-20(28)18(26)19(27)21(32-23)22(29)30/h3,5,10,14-16,18-21,23,26-28H,2,4,6-9H2,1H3,(H,29,30)/t14-,15-,16+,18+,19+,20-,21+,23-,24+/m1/s1/i2D2,4D2,14D. The Balaban J connectivity index is 1.54. The highest BCUT2D eigenvalue weighted by molar-refractivity contribution is 5.87. The zero-order chi connectivity index (χ0) is 27.3. The molecule has 0 spiro atoms. The second kappa shape index (κ2) is 7.80. The Morgan fingerprint density at radius 2 is 2.03 bits per heavy atom. The van der Waals surface area contributed by atoms with Gasteiger partial charge in [0, 0.05) is 18.7 Å². The number of aliphatic hydroxyl groups is 3. The molecule has 0 unspecified atom stereocenters. The summed E-state index contributed by atoms with van der Waals surface area (Å²) in [5.74, 6) is -4.69. The molecule has 5 rings (SSSR count). The lowest BCUT2D eigenvalue weighted by molar-refractivity contribution is -0.271. The first-order chi connectivity index (χ1) is 17.1. The molecule has 3 aliphatic carbocycles. The number of aliphatic carboxylic acids is 1. The van der Waals surface area contributed by atoms with Gasteiger partial charge in [-0.2, -0.15) is 0 Å². The minimum Gasteiger partial charge on any atom is -0.479 e. The zero-order valence-electron chi connectivity index (χ0n) is 22.5. The Hall–Kier alpha value is -2.00. The van der Waals surface area contributed by atoms with Crippen LogP contribution in [0.5, 0.6) is 5.75 Å². The number of rotatable bonds is 3. The maximum atomic E-state index is 12.7. The molecule has 0 bridgehead atoms. The molecule has 1 saturated heterocycles. The maximum Gasteiger partial charge on any atom is 0.335 e. The van der Waals surface area contributed by atoms with Gasteiger partial charge in [0.2, 0.25) is 6.29 Å². The molecule has 0 amide bonds. The van der Waals surface area contributed by atoms with Crippen LogP contribution in [0.15, 0.2) is 18.2 Å². The van der Waals surface area contributed by atoms with Crippen molar-refractivity contribution in [2.75, 3.05) is 0 Å². The molecule has 1 aromatic rings. The van der Waals surface area contributed by atoms with Crippen molar-refractivity contribution < 1.29 is 46.3 Å². The average Bonchev–Trinajstić information content (AvgIpc) is 3.12. The highest BCUT2D eigenvalue weighted by atomic mass is 16.7. The molecule has 4 aliphatic rings. The first-order valence-electron chi connectivity index (χ1n) is 13.3. The lowest BCUT2D eigenvalue weighted by Gasteiger charge is -2.48. The second-order valence-electron chi connectivity index (χ2n) is 9.32. The number of aryl methyl sites for hydroxylation is 1. The summed E-state index contributed by atoms with van der Waals surface area (Å²) in [6.45, 7) is 1.80. The smallest absolute Gasteiger partial charge is 0.335 e. The third-order valence-corrected chi connectivity index (χ3v) is 7.59. The van der Waals surface area contributed by atoms with Crippen molar-refractivity contribution in [3.05, 3.63) is 29.3 Å². The van der Waals surface area contributed by atoms with Crippen LogP contribution in [0.3, 0.4) is 0 Å². The highest BCUT2D eigenvalue weighted by Crippen LogP contribution is 2.59. The predicted octanol–water partition coefficient (Wildman–Crippen LogP) is 1.38. The molecule has 2 saturated carbocycles. The van der Waals surface area contributed by atoms with E-state index in [1.165, 1.54) is 18.2 Å². The molecule has 3 fully saturated rings. The number of carboxylic acid groups (broad SMARTS) is 1. The Morgan fingerprint density at radius 3 is 2.78 bits per heavy atom. The molecule has 0 aromatic heterocycles. The third kappa shape index (κ3) is 3.27. The molecule has 8 nitrogen and oxygen atoms in total. The number of ketones is 1. The molecule has 1 aliphatic heterocycles. The average molecular weight is 452 g/mol. The third-order valence-electron chi connectivity index (χ3n) is 7.59. The summed E-state index contributed by atoms with van der Waals surface area (Å²) in [6.07, 6.45) is -13.0. The summed E-state index contributed by atoms with van der Waals surface area (Å²) in [7, 11) is 0. The van der Waals surface area contributed by atoms with Crippen molar-refractivity contribution >= 4 is 11.8 Å². The molecule has 1 aromatic carbocycles. The van der Waals surface area contributed by atoms with Gasteiger partial charge in [-0.1, -0.05) is 13.0 Å². The highest BCUT2D eigenvalue weighted by Gasteiger charge is 2.54. The summed E-state index contributed by atoms with van der Waals surface area (Å²) in [4.78, 5) is 24.1. The van der Waals surface area contributed by atoms with Gasteiger partial charge in [0.15, 0.2) is 6.10 Å². The molecular formula is C24H30O8. The van der Waals surface area contributed by atoms with Crippen molar-refractivity contribution in [2.24, 2.45) is 17.3 Å². The van der Waals surface area contributed by atoms with Gasteiger partial charge in [-0.15, -0.1) is 0 Å². The summed E-state index contributed by atoms with van der Waals surface area (Å²) < 4.78 is 55.6. The van der Waals surface area contributed by atoms with Crippen LogP contribution in [0.2, 0.25) is 0 Å². The maximum absolute atomic E-state index is 12.7. The van der Waals surface area contributed by atoms with Gasteiger partial charge in [0.05, 0.1) is 0 Å². The molecule has 8 heteroatoms. The molecule has 1 heterocycles. The Kier molecular flexibility index (Phi) is 4.04. The minimum absolute atomic E-state index is 0.0310. The molecule has 174 valence electrons. The van der Waals surface area contributed by atoms with Crippen LogP contribution in [0.4, 0.5) is 0 Å². The van der Waals surface area contributed by atoms with E-state index in [-0.39, 0.29) is 35.5 Å². The molecule has 4 N–H and O–H groups in total. The second-order valence-corrected chi connectivity index (χ2v) is 9.32. The van der Waals surface area contributed by atoms with Crippen molar-refractivity contribution in [3.8, 4) is 5.75 Å². The van der Waals surface area contributed by atoms with Gasteiger partial charge in [-0.25, -0.2) is 4.79 Å². The number of carbonyl (C=O) groups is 2. The van der Waals surface area contributed by atoms with Crippen molar-refractivity contribution in [2.45, 2.75) is 82.0 Å². The van der Waals surface area contributed by atoms with E-state index in [0.29, 0.717) is 12.8 Å². The number of hydrogen-bond donors (Lipinski definition) is 4. The SMILES string of the molecule is [2H]C1([2H])c2cc(O[C@@H]3O[C@H](C(=O)O)[C@@H](O)[C@H](O)[C@H]3O)ccc2[C@@]2([2H])CC[C@]3(C)C(=O)CC[C@H]3[C@@H]2C1([2H])[2H]. The summed E-state index contributed by atoms with van der Waals surface area (Å²) in [5.41, 5.74) is -0.620. The summed E-state index contributed by atoms with van der Waals surface area (Å²) in [6, 6.07) is 4.06. The van der Waals surface area contributed by atoms with Gasteiger partial charge < -0.3 is 29.9 Å². The van der Waals surface area contributed by atoms with E-state index in [1.54, 1.807) is 6.92 Å². The Morgan fingerprint density at radius 1 is 1.25 bits per heavy atom. The van der Waals surface area contributed by atoms with Crippen LogP contribution in [-0.2, 0) is 20.7 Å². The van der Waals surface area contributed by atoms with Crippen LogP contribution < -0.4 is 4.74 Å². The van der Waals surface area contributed by atoms with Crippen molar-refractivity contribution in [1.82, 2.24) is 0 Å². The molecule has 9 atom stereocenters. The number of benzene rings is 1. The van der Waals surface area contributed by atoms with Gasteiger partial charge in [-0.05, 0) is 73.0 Å². The van der Waals surface area contributed by atoms with E-state index in [0.717, 1.165) is 0 Å². The Bertz CT molecular complexity index is 1150. The lowest BCUT2D eigenvalue weighted by Crippen LogP contribution is -2.61. The quantitative estimate of drug-likeness (QED) is 0.542. The Labute approximate surface area is 193 Å². The van der Waals surface area contributed by atoms with Gasteiger partial charge >= 0.3 is 5.97 Å². The van der Waals surface area contributed by atoms with E-state index in [9.17, 15) is 31.4 Å². The topological polar surface area (TPSA) is 134 Å².